The van der Waals surface area contributed by atoms with Crippen LogP contribution in [-0.4, -0.2) is 32.7 Å². The van der Waals surface area contributed by atoms with Gasteiger partial charge in [-0.2, -0.15) is 0 Å². The molecule has 0 aromatic carbocycles. The molecule has 0 amide bonds. The van der Waals surface area contributed by atoms with E-state index in [0.29, 0.717) is 12.0 Å². The first kappa shape index (κ1) is 10.3. The Labute approximate surface area is 77.4 Å². The number of nitrogens with one attached hydrogen (secondary N) is 1. The third kappa shape index (κ3) is 5.42. The Hall–Kier alpha value is -0.820. The van der Waals surface area contributed by atoms with Gasteiger partial charge in [0.05, 0.1) is 12.3 Å². The van der Waals surface area contributed by atoms with Crippen LogP contribution in [0.1, 0.15) is 12.8 Å². The van der Waals surface area contributed by atoms with Crippen LogP contribution in [0.2, 0.25) is 0 Å². The molecule has 1 aliphatic rings. The molecule has 5 N–H and O–H groups in total. The molecule has 0 aromatic heterocycles. The van der Waals surface area contributed by atoms with Crippen molar-refractivity contribution in [3.63, 3.8) is 0 Å². The molecular formula is C6H14N4O2S. The maximum Gasteiger partial charge on any atom is 0.210 e. The zero-order valence-electron chi connectivity index (χ0n) is 7.23. The predicted octanol–water partition coefficient (Wildman–Crippen LogP) is -1.66. The minimum atomic E-state index is -3.42. The summed E-state index contributed by atoms with van der Waals surface area (Å²) in [7, 11) is -3.42. The number of nitrogens with two attached hydrogens (primary N) is 2. The summed E-state index contributed by atoms with van der Waals surface area (Å²) in [6, 6.07) is 0.429. The van der Waals surface area contributed by atoms with Gasteiger partial charge in [-0.25, -0.2) is 13.6 Å². The molecule has 13 heavy (non-hydrogen) atoms. The van der Waals surface area contributed by atoms with Crippen LogP contribution < -0.4 is 16.2 Å². The maximum absolute atomic E-state index is 10.5. The van der Waals surface area contributed by atoms with Crippen molar-refractivity contribution in [1.29, 1.82) is 0 Å². The Morgan fingerprint density at radius 1 is 1.54 bits per heavy atom. The van der Waals surface area contributed by atoms with Crippen LogP contribution in [-0.2, 0) is 10.0 Å². The molecule has 0 saturated heterocycles. The van der Waals surface area contributed by atoms with Gasteiger partial charge in [-0.05, 0) is 12.8 Å². The van der Waals surface area contributed by atoms with E-state index in [1.165, 1.54) is 0 Å². The molecule has 0 atom stereocenters. The fraction of sp³-hybridized carbons (Fsp3) is 0.833. The Morgan fingerprint density at radius 2 is 2.15 bits per heavy atom. The molecule has 0 aromatic rings. The molecule has 0 bridgehead atoms. The van der Waals surface area contributed by atoms with Crippen LogP contribution >= 0.6 is 0 Å². The van der Waals surface area contributed by atoms with Gasteiger partial charge in [0.25, 0.3) is 0 Å². The first-order valence-corrected chi connectivity index (χ1v) is 5.76. The van der Waals surface area contributed by atoms with E-state index in [1.807, 2.05) is 0 Å². The zero-order chi connectivity index (χ0) is 9.90. The largest absolute Gasteiger partial charge is 0.370 e. The van der Waals surface area contributed by atoms with Crippen molar-refractivity contribution in [3.8, 4) is 0 Å². The lowest BCUT2D eigenvalue weighted by Gasteiger charge is -2.01. The second kappa shape index (κ2) is 3.93. The monoisotopic (exact) mass is 206 g/mol. The normalized spacial score (nSPS) is 18.7. The molecule has 0 unspecified atom stereocenters. The predicted molar refractivity (Wildman–Crippen MR) is 50.6 cm³/mol. The molecule has 0 aliphatic heterocycles. The fourth-order valence-corrected chi connectivity index (χ4v) is 1.12. The maximum atomic E-state index is 10.5. The lowest BCUT2D eigenvalue weighted by atomic mass is 10.7. The van der Waals surface area contributed by atoms with Crippen LogP contribution in [0.3, 0.4) is 0 Å². The number of hydrogen-bond donors (Lipinski definition) is 3. The van der Waals surface area contributed by atoms with E-state index in [0.717, 1.165) is 12.8 Å². The minimum Gasteiger partial charge on any atom is -0.370 e. The first-order valence-electron chi connectivity index (χ1n) is 4.04. The highest BCUT2D eigenvalue weighted by atomic mass is 32.2. The van der Waals surface area contributed by atoms with E-state index < -0.39 is 10.0 Å². The highest BCUT2D eigenvalue weighted by Gasteiger charge is 2.21. The van der Waals surface area contributed by atoms with E-state index in [9.17, 15) is 8.42 Å². The minimum absolute atomic E-state index is 0.115. The van der Waals surface area contributed by atoms with Crippen LogP contribution in [0.25, 0.3) is 0 Å². The Balaban J connectivity index is 2.21. The Morgan fingerprint density at radius 3 is 2.62 bits per heavy atom. The summed E-state index contributed by atoms with van der Waals surface area (Å²) in [6.07, 6.45) is 2.21. The number of guanidine groups is 1. The topological polar surface area (TPSA) is 111 Å². The molecule has 6 nitrogen and oxygen atoms in total. The van der Waals surface area contributed by atoms with Gasteiger partial charge in [0.15, 0.2) is 5.96 Å². The summed E-state index contributed by atoms with van der Waals surface area (Å²) in [5, 5.41) is 7.71. The number of sulfonamides is 1. The van der Waals surface area contributed by atoms with Gasteiger partial charge < -0.3 is 11.1 Å². The van der Waals surface area contributed by atoms with E-state index in [1.54, 1.807) is 0 Å². The zero-order valence-corrected chi connectivity index (χ0v) is 8.05. The van der Waals surface area contributed by atoms with Gasteiger partial charge in [-0.3, -0.25) is 4.99 Å². The quantitative estimate of drug-likeness (QED) is 0.377. The van der Waals surface area contributed by atoms with Crippen LogP contribution in [0, 0.1) is 0 Å². The van der Waals surface area contributed by atoms with Gasteiger partial charge in [-0.15, -0.1) is 0 Å². The number of hydrogen-bond acceptors (Lipinski definition) is 3. The van der Waals surface area contributed by atoms with Crippen molar-refractivity contribution >= 4 is 16.0 Å². The Bertz CT molecular complexity index is 294. The summed E-state index contributed by atoms with van der Waals surface area (Å²) in [5.41, 5.74) is 5.45. The molecule has 1 saturated carbocycles. The van der Waals surface area contributed by atoms with Crippen molar-refractivity contribution in [2.45, 2.75) is 18.9 Å². The van der Waals surface area contributed by atoms with E-state index in [4.69, 9.17) is 10.9 Å². The molecule has 76 valence electrons. The van der Waals surface area contributed by atoms with Gasteiger partial charge >= 0.3 is 0 Å². The van der Waals surface area contributed by atoms with Crippen LogP contribution in [0.4, 0.5) is 0 Å². The lowest BCUT2D eigenvalue weighted by Crippen LogP contribution is -2.34. The molecule has 1 aliphatic carbocycles. The fourth-order valence-electron chi connectivity index (χ4n) is 0.776. The summed E-state index contributed by atoms with van der Waals surface area (Å²) in [4.78, 5) is 3.81. The van der Waals surface area contributed by atoms with Crippen molar-refractivity contribution in [2.75, 3.05) is 12.3 Å². The Kier molecular flexibility index (Phi) is 3.10. The molecule has 0 radical (unpaired) electrons. The van der Waals surface area contributed by atoms with Crippen LogP contribution in [0.5, 0.6) is 0 Å². The number of nitrogens with zero attached hydrogens (tertiary/aromatic N) is 1. The SMILES string of the molecule is NC(=NCCS(N)(=O)=O)NC1CC1. The second-order valence-corrected chi connectivity index (χ2v) is 4.79. The van der Waals surface area contributed by atoms with E-state index in [-0.39, 0.29) is 12.3 Å². The summed E-state index contributed by atoms with van der Waals surface area (Å²) in [5.74, 6) is 0.131. The summed E-state index contributed by atoms with van der Waals surface area (Å²) < 4.78 is 21.0. The van der Waals surface area contributed by atoms with Crippen molar-refractivity contribution in [2.24, 2.45) is 15.9 Å². The van der Waals surface area contributed by atoms with E-state index >= 15 is 0 Å². The standard InChI is InChI=1S/C6H14N4O2S/c7-6(10-5-1-2-5)9-3-4-13(8,11)12/h5H,1-4H2,(H3,7,9,10)(H2,8,11,12). The number of rotatable bonds is 4. The van der Waals surface area contributed by atoms with Crippen molar-refractivity contribution in [1.82, 2.24) is 5.32 Å². The molecule has 1 rings (SSSR count). The molecule has 0 heterocycles. The van der Waals surface area contributed by atoms with E-state index in [2.05, 4.69) is 10.3 Å². The summed E-state index contributed by atoms with van der Waals surface area (Å²) in [6.45, 7) is 0.115. The summed E-state index contributed by atoms with van der Waals surface area (Å²) >= 11 is 0. The molecule has 1 fully saturated rings. The van der Waals surface area contributed by atoms with Crippen molar-refractivity contribution < 1.29 is 8.42 Å². The van der Waals surface area contributed by atoms with Gasteiger partial charge in [0, 0.05) is 6.04 Å². The third-order valence-electron chi connectivity index (χ3n) is 1.59. The lowest BCUT2D eigenvalue weighted by molar-refractivity contribution is 0.597. The molecule has 7 heteroatoms. The molecular weight excluding hydrogens is 192 g/mol. The van der Waals surface area contributed by atoms with Crippen LogP contribution in [0.15, 0.2) is 4.99 Å². The molecule has 0 spiro atoms. The second-order valence-electron chi connectivity index (χ2n) is 3.05. The smallest absolute Gasteiger partial charge is 0.210 e. The third-order valence-corrected chi connectivity index (χ3v) is 2.34. The highest BCUT2D eigenvalue weighted by Crippen LogP contribution is 2.17. The first-order chi connectivity index (χ1) is 5.97. The van der Waals surface area contributed by atoms with Gasteiger partial charge in [0.2, 0.25) is 10.0 Å². The average Bonchev–Trinajstić information content (AvgIpc) is 2.68. The number of primary sulfonamides is 1. The van der Waals surface area contributed by atoms with Gasteiger partial charge in [0.1, 0.15) is 0 Å². The average molecular weight is 206 g/mol. The van der Waals surface area contributed by atoms with Crippen molar-refractivity contribution in [3.05, 3.63) is 0 Å². The number of aliphatic imine (C=N–C) groups is 1. The van der Waals surface area contributed by atoms with Gasteiger partial charge in [-0.1, -0.05) is 0 Å². The highest BCUT2D eigenvalue weighted by molar-refractivity contribution is 7.89.